The topological polar surface area (TPSA) is 78.9 Å². The van der Waals surface area contributed by atoms with Crippen LogP contribution in [-0.2, 0) is 28.6 Å². The van der Waals surface area contributed by atoms with Crippen molar-refractivity contribution in [3.05, 3.63) is 48.6 Å². The van der Waals surface area contributed by atoms with Crippen LogP contribution in [0.5, 0.6) is 0 Å². The summed E-state index contributed by atoms with van der Waals surface area (Å²) in [5.41, 5.74) is 0. The van der Waals surface area contributed by atoms with Crippen LogP contribution < -0.4 is 0 Å². The van der Waals surface area contributed by atoms with Gasteiger partial charge in [-0.15, -0.1) is 0 Å². The first-order valence-electron chi connectivity index (χ1n) is 32.6. The quantitative estimate of drug-likeness (QED) is 0.0261. The normalized spacial score (nSPS) is 12.3. The van der Waals surface area contributed by atoms with Gasteiger partial charge in [-0.05, 0) is 77.0 Å². The monoisotopic (exact) mass is 1040 g/mol. The largest absolute Gasteiger partial charge is 0.462 e. The maximum absolute atomic E-state index is 12.9. The lowest BCUT2D eigenvalue weighted by Crippen LogP contribution is -2.30. The summed E-state index contributed by atoms with van der Waals surface area (Å²) in [6, 6.07) is 0. The third kappa shape index (κ3) is 60.2. The third-order valence-electron chi connectivity index (χ3n) is 14.6. The van der Waals surface area contributed by atoms with E-state index in [2.05, 4.69) is 69.4 Å². The minimum Gasteiger partial charge on any atom is -0.462 e. The average molecular weight is 1040 g/mol. The maximum Gasteiger partial charge on any atom is 0.306 e. The first-order valence-corrected chi connectivity index (χ1v) is 32.6. The van der Waals surface area contributed by atoms with Gasteiger partial charge in [0, 0.05) is 19.3 Å². The summed E-state index contributed by atoms with van der Waals surface area (Å²) < 4.78 is 16.9. The molecular weight excluding hydrogens is 913 g/mol. The van der Waals surface area contributed by atoms with Gasteiger partial charge < -0.3 is 14.2 Å². The number of ether oxygens (including phenoxy) is 3. The fourth-order valence-electron chi connectivity index (χ4n) is 9.69. The van der Waals surface area contributed by atoms with Crippen molar-refractivity contribution in [3.8, 4) is 0 Å². The summed E-state index contributed by atoms with van der Waals surface area (Å²) in [6.45, 7) is 6.57. The molecule has 0 heterocycles. The van der Waals surface area contributed by atoms with E-state index in [1.165, 1.54) is 212 Å². The van der Waals surface area contributed by atoms with Crippen molar-refractivity contribution in [3.63, 3.8) is 0 Å². The SMILES string of the molecule is CC/C=C\C/C=C\C/C=C\CCCCCCCC(=O)OCC(COC(=O)CCCCCCCCCCCCCCCCCCCCCCCCC)OC(=O)CCCCCCCCC/C=C\CCCCCCCCC. The summed E-state index contributed by atoms with van der Waals surface area (Å²) in [6.07, 6.45) is 78.4. The zero-order valence-electron chi connectivity index (χ0n) is 49.6. The number of carbonyl (C=O) groups excluding carboxylic acids is 3. The van der Waals surface area contributed by atoms with Gasteiger partial charge in [0.1, 0.15) is 13.2 Å². The second kappa shape index (κ2) is 62.9. The predicted octanol–water partition coefficient (Wildman–Crippen LogP) is 22.2. The number of hydrogen-bond donors (Lipinski definition) is 0. The van der Waals surface area contributed by atoms with E-state index in [0.717, 1.165) is 96.3 Å². The van der Waals surface area contributed by atoms with Crippen molar-refractivity contribution in [2.75, 3.05) is 13.2 Å². The lowest BCUT2D eigenvalue weighted by Gasteiger charge is -2.18. The van der Waals surface area contributed by atoms with Crippen LogP contribution >= 0.6 is 0 Å². The van der Waals surface area contributed by atoms with Gasteiger partial charge in [-0.1, -0.05) is 301 Å². The van der Waals surface area contributed by atoms with E-state index in [0.29, 0.717) is 19.3 Å². The van der Waals surface area contributed by atoms with Crippen molar-refractivity contribution in [2.24, 2.45) is 0 Å². The second-order valence-electron chi connectivity index (χ2n) is 22.0. The Morgan fingerprint density at radius 1 is 0.284 bits per heavy atom. The lowest BCUT2D eigenvalue weighted by molar-refractivity contribution is -0.167. The first-order chi connectivity index (χ1) is 36.5. The van der Waals surface area contributed by atoms with Gasteiger partial charge in [0.25, 0.3) is 0 Å². The first kappa shape index (κ1) is 71.4. The molecule has 74 heavy (non-hydrogen) atoms. The Morgan fingerprint density at radius 3 is 0.838 bits per heavy atom. The molecule has 0 aromatic heterocycles. The number of rotatable bonds is 60. The second-order valence-corrected chi connectivity index (χ2v) is 22.0. The highest BCUT2D eigenvalue weighted by atomic mass is 16.6. The van der Waals surface area contributed by atoms with E-state index in [-0.39, 0.29) is 31.1 Å². The molecule has 0 aromatic carbocycles. The Balaban J connectivity index is 4.30. The molecule has 0 amide bonds. The molecule has 0 aliphatic carbocycles. The molecule has 0 aliphatic rings. The number of esters is 3. The smallest absolute Gasteiger partial charge is 0.306 e. The number of unbranched alkanes of at least 4 members (excludes halogenated alkanes) is 41. The van der Waals surface area contributed by atoms with Gasteiger partial charge in [0.05, 0.1) is 0 Å². The molecule has 0 rings (SSSR count). The fraction of sp³-hybridized carbons (Fsp3) is 0.838. The Kier molecular flexibility index (Phi) is 60.7. The summed E-state index contributed by atoms with van der Waals surface area (Å²) >= 11 is 0. The van der Waals surface area contributed by atoms with Crippen LogP contribution in [0.2, 0.25) is 0 Å². The molecule has 1 atom stereocenters. The molecule has 432 valence electrons. The van der Waals surface area contributed by atoms with Crippen LogP contribution in [0, 0.1) is 0 Å². The molecular formula is C68H124O6. The molecule has 0 N–H and O–H groups in total. The molecule has 0 fully saturated rings. The molecule has 0 saturated carbocycles. The molecule has 0 spiro atoms. The van der Waals surface area contributed by atoms with Gasteiger partial charge >= 0.3 is 17.9 Å². The predicted molar refractivity (Wildman–Crippen MR) is 321 cm³/mol. The van der Waals surface area contributed by atoms with Gasteiger partial charge in [0.15, 0.2) is 6.10 Å². The van der Waals surface area contributed by atoms with E-state index >= 15 is 0 Å². The zero-order chi connectivity index (χ0) is 53.6. The molecule has 0 aliphatic heterocycles. The van der Waals surface area contributed by atoms with Crippen molar-refractivity contribution in [1.82, 2.24) is 0 Å². The number of carbonyl (C=O) groups is 3. The molecule has 6 nitrogen and oxygen atoms in total. The molecule has 0 saturated heterocycles. The van der Waals surface area contributed by atoms with Gasteiger partial charge in [-0.25, -0.2) is 0 Å². The number of hydrogen-bond acceptors (Lipinski definition) is 6. The molecule has 0 aromatic rings. The Hall–Kier alpha value is -2.63. The number of allylic oxidation sites excluding steroid dienone is 8. The summed E-state index contributed by atoms with van der Waals surface area (Å²) in [5, 5.41) is 0. The Morgan fingerprint density at radius 2 is 0.527 bits per heavy atom. The molecule has 1 unspecified atom stereocenters. The molecule has 6 heteroatoms. The highest BCUT2D eigenvalue weighted by Gasteiger charge is 2.19. The van der Waals surface area contributed by atoms with Crippen LogP contribution in [0.4, 0.5) is 0 Å². The molecule has 0 bridgehead atoms. The van der Waals surface area contributed by atoms with Crippen molar-refractivity contribution < 1.29 is 28.6 Å². The highest BCUT2D eigenvalue weighted by Crippen LogP contribution is 2.18. The van der Waals surface area contributed by atoms with Crippen LogP contribution in [0.15, 0.2) is 48.6 Å². The minimum absolute atomic E-state index is 0.0768. The van der Waals surface area contributed by atoms with E-state index < -0.39 is 6.10 Å². The van der Waals surface area contributed by atoms with Crippen LogP contribution in [0.25, 0.3) is 0 Å². The van der Waals surface area contributed by atoms with Gasteiger partial charge in [-0.2, -0.15) is 0 Å². The maximum atomic E-state index is 12.9. The van der Waals surface area contributed by atoms with E-state index in [9.17, 15) is 14.4 Å². The van der Waals surface area contributed by atoms with Crippen molar-refractivity contribution in [2.45, 2.75) is 354 Å². The standard InChI is InChI=1S/C68H124O6/c1-4-7-10-13-16-19-22-25-28-30-32-33-34-35-36-38-40-43-46-49-52-55-58-61-67(70)73-64-65(63-72-66(69)60-57-54-51-48-45-42-39-27-24-21-18-15-12-9-6-3)74-68(71)62-59-56-53-50-47-44-41-37-31-29-26-23-20-17-14-11-8-5-2/h9,12,18,21,27,29,31,39,65H,4-8,10-11,13-17,19-20,22-26,28,30,32-38,40-64H2,1-3H3/b12-9-,21-18-,31-29-,39-27-. The van der Waals surface area contributed by atoms with Gasteiger partial charge in [-0.3, -0.25) is 14.4 Å². The van der Waals surface area contributed by atoms with Crippen LogP contribution in [0.3, 0.4) is 0 Å². The zero-order valence-corrected chi connectivity index (χ0v) is 49.6. The van der Waals surface area contributed by atoms with E-state index in [1.807, 2.05) is 0 Å². The summed E-state index contributed by atoms with van der Waals surface area (Å²) in [4.78, 5) is 38.3. The third-order valence-corrected chi connectivity index (χ3v) is 14.6. The summed E-state index contributed by atoms with van der Waals surface area (Å²) in [7, 11) is 0. The van der Waals surface area contributed by atoms with Crippen LogP contribution in [0.1, 0.15) is 348 Å². The molecule has 0 radical (unpaired) electrons. The Labute approximate surface area is 460 Å². The summed E-state index contributed by atoms with van der Waals surface area (Å²) in [5.74, 6) is -0.877. The van der Waals surface area contributed by atoms with E-state index in [1.54, 1.807) is 0 Å². The lowest BCUT2D eigenvalue weighted by atomic mass is 10.0. The highest BCUT2D eigenvalue weighted by molar-refractivity contribution is 5.71. The van der Waals surface area contributed by atoms with E-state index in [4.69, 9.17) is 14.2 Å². The fourth-order valence-corrected chi connectivity index (χ4v) is 9.69. The van der Waals surface area contributed by atoms with Crippen molar-refractivity contribution >= 4 is 17.9 Å². The van der Waals surface area contributed by atoms with Crippen LogP contribution in [-0.4, -0.2) is 37.2 Å². The average Bonchev–Trinajstić information content (AvgIpc) is 3.40. The van der Waals surface area contributed by atoms with Crippen molar-refractivity contribution in [1.29, 1.82) is 0 Å². The Bertz CT molecular complexity index is 1280. The minimum atomic E-state index is -0.782. The van der Waals surface area contributed by atoms with Gasteiger partial charge in [0.2, 0.25) is 0 Å².